The summed E-state index contributed by atoms with van der Waals surface area (Å²) in [6.45, 7) is 4.75. The number of likely N-dealkylation sites (N-methyl/N-ethyl adjacent to an activating group) is 1. The van der Waals surface area contributed by atoms with Crippen molar-refractivity contribution in [2.45, 2.75) is 289 Å². The summed E-state index contributed by atoms with van der Waals surface area (Å²) in [7, 11) is 5.92. The standard InChI is InChI=1S/C55H107NO8/c1-6-8-10-12-14-16-17-18-19-20-21-22-23-24-25-26-27-28-29-30-31-32-33-34-35-36-37-38-40-42-44-46-53(58)64-51(50-63-55(54(59)60)61-48-47-56(3,4)5)49-62-52(57)45-43-41-39-15-13-11-9-7-2/h51,55H,6-50H2,1-5H3. The highest BCUT2D eigenvalue weighted by atomic mass is 16.7. The van der Waals surface area contributed by atoms with Crippen LogP contribution in [0.4, 0.5) is 0 Å². The van der Waals surface area contributed by atoms with Crippen molar-refractivity contribution in [2.24, 2.45) is 0 Å². The number of nitrogens with zero attached hydrogens (tertiary/aromatic N) is 1. The van der Waals surface area contributed by atoms with Crippen LogP contribution in [0.1, 0.15) is 277 Å². The summed E-state index contributed by atoms with van der Waals surface area (Å²) in [4.78, 5) is 36.9. The summed E-state index contributed by atoms with van der Waals surface area (Å²) >= 11 is 0. The van der Waals surface area contributed by atoms with E-state index in [1.807, 2.05) is 21.1 Å². The van der Waals surface area contributed by atoms with Crippen molar-refractivity contribution in [1.29, 1.82) is 0 Å². The van der Waals surface area contributed by atoms with Crippen molar-refractivity contribution in [3.63, 3.8) is 0 Å². The highest BCUT2D eigenvalue weighted by Gasteiger charge is 2.22. The van der Waals surface area contributed by atoms with E-state index in [4.69, 9.17) is 18.9 Å². The Hall–Kier alpha value is -1.71. The lowest BCUT2D eigenvalue weighted by Gasteiger charge is -2.26. The average Bonchev–Trinajstić information content (AvgIpc) is 3.26. The van der Waals surface area contributed by atoms with E-state index >= 15 is 0 Å². The largest absolute Gasteiger partial charge is 0.545 e. The van der Waals surface area contributed by atoms with Gasteiger partial charge in [0.2, 0.25) is 0 Å². The molecule has 2 atom stereocenters. The summed E-state index contributed by atoms with van der Waals surface area (Å²) in [5, 5.41) is 11.7. The Morgan fingerprint density at radius 1 is 0.406 bits per heavy atom. The summed E-state index contributed by atoms with van der Waals surface area (Å²) < 4.78 is 22.6. The molecule has 0 bridgehead atoms. The number of hydrogen-bond donors (Lipinski definition) is 0. The number of rotatable bonds is 52. The number of esters is 2. The van der Waals surface area contributed by atoms with Gasteiger partial charge in [0.15, 0.2) is 12.4 Å². The molecule has 380 valence electrons. The average molecular weight is 910 g/mol. The first-order valence-corrected chi connectivity index (χ1v) is 27.7. The Bertz CT molecular complexity index is 1020. The molecule has 0 aromatic carbocycles. The molecule has 9 nitrogen and oxygen atoms in total. The van der Waals surface area contributed by atoms with Crippen LogP contribution >= 0.6 is 0 Å². The maximum Gasteiger partial charge on any atom is 0.306 e. The Morgan fingerprint density at radius 3 is 1.00 bits per heavy atom. The van der Waals surface area contributed by atoms with Crippen molar-refractivity contribution in [3.8, 4) is 0 Å². The molecular formula is C55H107NO8. The van der Waals surface area contributed by atoms with Crippen molar-refractivity contribution in [2.75, 3.05) is 47.5 Å². The van der Waals surface area contributed by atoms with E-state index in [1.54, 1.807) is 0 Å². The molecule has 0 aromatic heterocycles. The number of unbranched alkanes of at least 4 members (excludes halogenated alkanes) is 37. The first-order chi connectivity index (χ1) is 31.1. The third-order valence-corrected chi connectivity index (χ3v) is 12.6. The molecule has 0 aliphatic rings. The summed E-state index contributed by atoms with van der Waals surface area (Å²) in [5.41, 5.74) is 0. The van der Waals surface area contributed by atoms with Gasteiger partial charge >= 0.3 is 11.9 Å². The van der Waals surface area contributed by atoms with Gasteiger partial charge in [0.1, 0.15) is 13.2 Å². The minimum Gasteiger partial charge on any atom is -0.545 e. The maximum atomic E-state index is 12.8. The van der Waals surface area contributed by atoms with E-state index in [9.17, 15) is 19.5 Å². The molecule has 0 radical (unpaired) electrons. The maximum absolute atomic E-state index is 12.8. The second-order valence-electron chi connectivity index (χ2n) is 20.2. The molecule has 0 rings (SSSR count). The van der Waals surface area contributed by atoms with Crippen molar-refractivity contribution in [3.05, 3.63) is 0 Å². The van der Waals surface area contributed by atoms with Crippen LogP contribution in [0.5, 0.6) is 0 Å². The molecule has 0 heterocycles. The van der Waals surface area contributed by atoms with E-state index < -0.39 is 24.3 Å². The fourth-order valence-corrected chi connectivity index (χ4v) is 8.30. The first-order valence-electron chi connectivity index (χ1n) is 27.7. The highest BCUT2D eigenvalue weighted by Crippen LogP contribution is 2.18. The van der Waals surface area contributed by atoms with Gasteiger partial charge in [-0.2, -0.15) is 0 Å². The normalized spacial score (nSPS) is 12.7. The molecule has 2 unspecified atom stereocenters. The zero-order chi connectivity index (χ0) is 47.0. The van der Waals surface area contributed by atoms with Crippen LogP contribution in [0.3, 0.4) is 0 Å². The summed E-state index contributed by atoms with van der Waals surface area (Å²) in [6.07, 6.45) is 49.1. The Kier molecular flexibility index (Phi) is 46.5. The zero-order valence-corrected chi connectivity index (χ0v) is 43.2. The van der Waals surface area contributed by atoms with Gasteiger partial charge in [0, 0.05) is 12.8 Å². The van der Waals surface area contributed by atoms with E-state index in [0.717, 1.165) is 38.5 Å². The molecular weight excluding hydrogens is 803 g/mol. The van der Waals surface area contributed by atoms with Crippen LogP contribution < -0.4 is 5.11 Å². The molecule has 0 saturated carbocycles. The molecule has 0 saturated heterocycles. The predicted octanol–water partition coefficient (Wildman–Crippen LogP) is 14.3. The van der Waals surface area contributed by atoms with Gasteiger partial charge in [-0.3, -0.25) is 9.59 Å². The first kappa shape index (κ1) is 62.3. The van der Waals surface area contributed by atoms with Crippen LogP contribution in [0.15, 0.2) is 0 Å². The van der Waals surface area contributed by atoms with Crippen LogP contribution in [0, 0.1) is 0 Å². The minimum absolute atomic E-state index is 0.153. The number of hydrogen-bond acceptors (Lipinski definition) is 8. The molecule has 64 heavy (non-hydrogen) atoms. The second kappa shape index (κ2) is 47.8. The molecule has 0 spiro atoms. The van der Waals surface area contributed by atoms with E-state index in [-0.39, 0.29) is 32.2 Å². The SMILES string of the molecule is CCCCCCCCCCCCCCCCCCCCCCCCCCCCCCCCCC(=O)OC(COC(=O)CCCCCCCCCC)COC(OCC[N+](C)(C)C)C(=O)[O-]. The number of carboxylic acids is 1. The molecule has 0 aliphatic carbocycles. The highest BCUT2D eigenvalue weighted by molar-refractivity contribution is 5.70. The molecule has 0 aliphatic heterocycles. The molecule has 0 amide bonds. The van der Waals surface area contributed by atoms with E-state index in [2.05, 4.69) is 13.8 Å². The lowest BCUT2D eigenvalue weighted by molar-refractivity contribution is -0.870. The zero-order valence-electron chi connectivity index (χ0n) is 43.2. The number of aliphatic carboxylic acids is 1. The van der Waals surface area contributed by atoms with Crippen molar-refractivity contribution >= 4 is 17.9 Å². The lowest BCUT2D eigenvalue weighted by Crippen LogP contribution is -2.44. The van der Waals surface area contributed by atoms with Crippen molar-refractivity contribution < 1.29 is 42.9 Å². The smallest absolute Gasteiger partial charge is 0.306 e. The number of ether oxygens (including phenoxy) is 4. The van der Waals surface area contributed by atoms with E-state index in [1.165, 1.54) is 212 Å². The monoisotopic (exact) mass is 910 g/mol. The van der Waals surface area contributed by atoms with Gasteiger partial charge < -0.3 is 33.3 Å². The fraction of sp³-hybridized carbons (Fsp3) is 0.945. The van der Waals surface area contributed by atoms with Crippen LogP contribution in [-0.2, 0) is 33.3 Å². The van der Waals surface area contributed by atoms with Crippen LogP contribution in [0.2, 0.25) is 0 Å². The quantitative estimate of drug-likeness (QED) is 0.0257. The Labute approximate surface area is 396 Å². The molecule has 9 heteroatoms. The van der Waals surface area contributed by atoms with Crippen LogP contribution in [-0.4, -0.2) is 82.3 Å². The van der Waals surface area contributed by atoms with Gasteiger partial charge in [-0.25, -0.2) is 0 Å². The number of carboxylic acid groups (broad SMARTS) is 1. The Balaban J connectivity index is 3.95. The third kappa shape index (κ3) is 48.2. The lowest BCUT2D eigenvalue weighted by atomic mass is 10.0. The second-order valence-corrected chi connectivity index (χ2v) is 20.2. The minimum atomic E-state index is -1.61. The fourth-order valence-electron chi connectivity index (χ4n) is 8.30. The number of carbonyl (C=O) groups excluding carboxylic acids is 3. The van der Waals surface area contributed by atoms with Gasteiger partial charge in [0.05, 0.1) is 40.3 Å². The third-order valence-electron chi connectivity index (χ3n) is 12.6. The predicted molar refractivity (Wildman–Crippen MR) is 265 cm³/mol. The van der Waals surface area contributed by atoms with Gasteiger partial charge in [-0.15, -0.1) is 0 Å². The molecule has 0 aromatic rings. The topological polar surface area (TPSA) is 111 Å². The van der Waals surface area contributed by atoms with Gasteiger partial charge in [-0.1, -0.05) is 251 Å². The van der Waals surface area contributed by atoms with Gasteiger partial charge in [0.25, 0.3) is 0 Å². The summed E-state index contributed by atoms with van der Waals surface area (Å²) in [5.74, 6) is -2.27. The number of quaternary nitrogens is 1. The van der Waals surface area contributed by atoms with E-state index in [0.29, 0.717) is 17.4 Å². The Morgan fingerprint density at radius 2 is 0.703 bits per heavy atom. The molecule has 0 N–H and O–H groups in total. The summed E-state index contributed by atoms with van der Waals surface area (Å²) in [6, 6.07) is 0. The number of carbonyl (C=O) groups is 3. The molecule has 0 fully saturated rings. The van der Waals surface area contributed by atoms with Crippen LogP contribution in [0.25, 0.3) is 0 Å². The van der Waals surface area contributed by atoms with Crippen molar-refractivity contribution in [1.82, 2.24) is 0 Å². The van der Waals surface area contributed by atoms with Gasteiger partial charge in [-0.05, 0) is 12.8 Å².